The third-order valence-electron chi connectivity index (χ3n) is 5.71. The summed E-state index contributed by atoms with van der Waals surface area (Å²) in [6.45, 7) is 4.04. The number of aryl methyl sites for hydroxylation is 1. The quantitative estimate of drug-likeness (QED) is 0.669. The largest absolute Gasteiger partial charge is 0.324 e. The minimum absolute atomic E-state index is 0.0854. The Morgan fingerprint density at radius 1 is 1.07 bits per heavy atom. The molecule has 4 rings (SSSR count). The molecule has 2 aliphatic heterocycles. The number of halogens is 1. The van der Waals surface area contributed by atoms with Gasteiger partial charge in [0, 0.05) is 41.1 Å². The maximum absolute atomic E-state index is 13.2. The van der Waals surface area contributed by atoms with E-state index in [0.29, 0.717) is 13.1 Å². The topological polar surface area (TPSA) is 52.7 Å². The fraction of sp³-hybridized carbons (Fsp3) is 0.364. The number of amides is 3. The van der Waals surface area contributed by atoms with E-state index in [4.69, 9.17) is 0 Å². The highest BCUT2D eigenvalue weighted by Crippen LogP contribution is 2.44. The van der Waals surface area contributed by atoms with E-state index in [-0.39, 0.29) is 16.8 Å². The average molecular weight is 474 g/mol. The van der Waals surface area contributed by atoms with Crippen LogP contribution in [0.2, 0.25) is 0 Å². The van der Waals surface area contributed by atoms with E-state index >= 15 is 0 Å². The molecule has 3 amide bonds. The van der Waals surface area contributed by atoms with Gasteiger partial charge in [-0.05, 0) is 49.6 Å². The molecule has 2 heterocycles. The lowest BCUT2D eigenvalue weighted by molar-refractivity contribution is 0.0585. The molecule has 2 aromatic carbocycles. The number of carbonyl (C=O) groups is 2. The number of rotatable bonds is 2. The van der Waals surface area contributed by atoms with Gasteiger partial charge in [0.1, 0.15) is 0 Å². The van der Waals surface area contributed by atoms with Gasteiger partial charge in [-0.15, -0.1) is 11.8 Å². The van der Waals surface area contributed by atoms with Gasteiger partial charge in [-0.2, -0.15) is 0 Å². The molecule has 152 valence electrons. The van der Waals surface area contributed by atoms with Gasteiger partial charge in [-0.1, -0.05) is 40.2 Å². The zero-order valence-corrected chi connectivity index (χ0v) is 18.8. The summed E-state index contributed by atoms with van der Waals surface area (Å²) in [6.07, 6.45) is 1.59. The van der Waals surface area contributed by atoms with Crippen molar-refractivity contribution in [1.82, 2.24) is 9.80 Å². The molecule has 2 aromatic rings. The van der Waals surface area contributed by atoms with Gasteiger partial charge >= 0.3 is 6.03 Å². The molecule has 0 saturated carbocycles. The van der Waals surface area contributed by atoms with Crippen molar-refractivity contribution in [2.45, 2.75) is 24.6 Å². The summed E-state index contributed by atoms with van der Waals surface area (Å²) in [5, 5.41) is 2.97. The summed E-state index contributed by atoms with van der Waals surface area (Å²) in [6, 6.07) is 15.3. The third kappa shape index (κ3) is 4.16. The lowest BCUT2D eigenvalue weighted by Gasteiger charge is -2.44. The molecule has 0 bridgehead atoms. The summed E-state index contributed by atoms with van der Waals surface area (Å²) in [4.78, 5) is 29.6. The Hall–Kier alpha value is -1.99. The Morgan fingerprint density at radius 2 is 1.83 bits per heavy atom. The van der Waals surface area contributed by atoms with Crippen LogP contribution >= 0.6 is 27.7 Å². The van der Waals surface area contributed by atoms with Gasteiger partial charge in [0.05, 0.1) is 4.87 Å². The second-order valence-electron chi connectivity index (χ2n) is 7.49. The second-order valence-corrected chi connectivity index (χ2v) is 9.87. The summed E-state index contributed by atoms with van der Waals surface area (Å²) < 4.78 is 0.931. The van der Waals surface area contributed by atoms with Crippen molar-refractivity contribution >= 4 is 45.3 Å². The van der Waals surface area contributed by atoms with Crippen molar-refractivity contribution in [3.63, 3.8) is 0 Å². The van der Waals surface area contributed by atoms with Crippen LogP contribution in [-0.4, -0.2) is 52.0 Å². The average Bonchev–Trinajstić information content (AvgIpc) is 3.11. The van der Waals surface area contributed by atoms with Gasteiger partial charge in [0.15, 0.2) is 0 Å². The number of benzene rings is 2. The highest BCUT2D eigenvalue weighted by Gasteiger charge is 2.47. The first-order chi connectivity index (χ1) is 14.0. The van der Waals surface area contributed by atoms with Gasteiger partial charge in [-0.25, -0.2) is 4.79 Å². The van der Waals surface area contributed by atoms with Crippen LogP contribution in [0.1, 0.15) is 28.8 Å². The fourth-order valence-electron chi connectivity index (χ4n) is 4.10. The monoisotopic (exact) mass is 473 g/mol. The number of thioether (sulfide) groups is 1. The number of hydrogen-bond acceptors (Lipinski definition) is 3. The van der Waals surface area contributed by atoms with Crippen molar-refractivity contribution in [2.24, 2.45) is 0 Å². The predicted octanol–water partition coefficient (Wildman–Crippen LogP) is 4.97. The van der Waals surface area contributed by atoms with Crippen molar-refractivity contribution in [2.75, 3.05) is 30.7 Å². The van der Waals surface area contributed by atoms with E-state index in [1.165, 1.54) is 0 Å². The van der Waals surface area contributed by atoms with E-state index in [2.05, 4.69) is 21.2 Å². The number of likely N-dealkylation sites (tertiary alicyclic amines) is 1. The third-order valence-corrected chi connectivity index (χ3v) is 7.75. The number of nitrogens with zero attached hydrogens (tertiary/aromatic N) is 2. The molecule has 0 unspecified atom stereocenters. The van der Waals surface area contributed by atoms with Crippen LogP contribution in [0.5, 0.6) is 0 Å². The van der Waals surface area contributed by atoms with Crippen molar-refractivity contribution in [3.8, 4) is 0 Å². The highest BCUT2D eigenvalue weighted by atomic mass is 79.9. The molecule has 5 nitrogen and oxygen atoms in total. The Kier molecular flexibility index (Phi) is 5.88. The second kappa shape index (κ2) is 8.40. The van der Waals surface area contributed by atoms with Gasteiger partial charge in [0.25, 0.3) is 5.91 Å². The lowest BCUT2D eigenvalue weighted by Crippen LogP contribution is -2.54. The van der Waals surface area contributed by atoms with Crippen LogP contribution in [0.3, 0.4) is 0 Å². The molecule has 1 spiro atoms. The van der Waals surface area contributed by atoms with Crippen LogP contribution in [0, 0.1) is 6.92 Å². The maximum Gasteiger partial charge on any atom is 0.321 e. The summed E-state index contributed by atoms with van der Waals surface area (Å²) >= 11 is 5.29. The van der Waals surface area contributed by atoms with E-state index in [1.54, 1.807) is 0 Å². The van der Waals surface area contributed by atoms with Crippen LogP contribution in [-0.2, 0) is 0 Å². The van der Waals surface area contributed by atoms with Gasteiger partial charge in [-0.3, -0.25) is 4.79 Å². The summed E-state index contributed by atoms with van der Waals surface area (Å²) in [5.74, 6) is 1.06. The number of nitrogens with one attached hydrogen (secondary N) is 1. The van der Waals surface area contributed by atoms with Crippen molar-refractivity contribution < 1.29 is 9.59 Å². The molecule has 2 saturated heterocycles. The first kappa shape index (κ1) is 20.3. The Labute approximate surface area is 184 Å². The predicted molar refractivity (Wildman–Crippen MR) is 121 cm³/mol. The molecule has 2 fully saturated rings. The smallest absolute Gasteiger partial charge is 0.321 e. The fourth-order valence-corrected chi connectivity index (χ4v) is 5.95. The minimum atomic E-state index is -0.202. The number of anilines is 1. The molecular weight excluding hydrogens is 450 g/mol. The summed E-state index contributed by atoms with van der Waals surface area (Å²) in [5.41, 5.74) is 2.57. The molecule has 0 atom stereocenters. The van der Waals surface area contributed by atoms with Crippen LogP contribution < -0.4 is 5.32 Å². The Morgan fingerprint density at radius 3 is 2.55 bits per heavy atom. The molecule has 2 aliphatic rings. The zero-order valence-electron chi connectivity index (χ0n) is 16.4. The number of carbonyl (C=O) groups excluding carboxylic acids is 2. The van der Waals surface area contributed by atoms with Crippen molar-refractivity contribution in [3.05, 3.63) is 64.1 Å². The van der Waals surface area contributed by atoms with E-state index in [9.17, 15) is 9.59 Å². The molecule has 7 heteroatoms. The van der Waals surface area contributed by atoms with Crippen LogP contribution in [0.4, 0.5) is 10.5 Å². The first-order valence-electron chi connectivity index (χ1n) is 9.82. The standard InChI is InChI=1S/C22H24BrN3O2S/c1-16-5-2-3-8-19(16)20(27)26-13-14-29-22(26)9-11-25(12-10-22)21(28)24-18-7-4-6-17(23)15-18/h2-8,15H,9-14H2,1H3,(H,24,28). The maximum atomic E-state index is 13.2. The molecule has 0 aromatic heterocycles. The van der Waals surface area contributed by atoms with E-state index < -0.39 is 0 Å². The summed E-state index contributed by atoms with van der Waals surface area (Å²) in [7, 11) is 0. The first-order valence-corrected chi connectivity index (χ1v) is 11.6. The van der Waals surface area contributed by atoms with E-state index in [0.717, 1.165) is 46.4 Å². The highest BCUT2D eigenvalue weighted by molar-refractivity contribution is 9.10. The molecule has 0 aliphatic carbocycles. The van der Waals surface area contributed by atoms with Crippen LogP contribution in [0.15, 0.2) is 53.0 Å². The molecule has 0 radical (unpaired) electrons. The number of piperidine rings is 1. The Bertz CT molecular complexity index is 928. The molecular formula is C22H24BrN3O2S. The number of hydrogen-bond donors (Lipinski definition) is 1. The van der Waals surface area contributed by atoms with Crippen molar-refractivity contribution in [1.29, 1.82) is 0 Å². The Balaban J connectivity index is 1.43. The lowest BCUT2D eigenvalue weighted by atomic mass is 10.00. The minimum Gasteiger partial charge on any atom is -0.324 e. The SMILES string of the molecule is Cc1ccccc1C(=O)N1CCSC12CCN(C(=O)Nc1cccc(Br)c1)CC2. The molecule has 29 heavy (non-hydrogen) atoms. The zero-order chi connectivity index (χ0) is 20.4. The van der Waals surface area contributed by atoms with Crippen LogP contribution in [0.25, 0.3) is 0 Å². The van der Waals surface area contributed by atoms with Gasteiger partial charge in [0.2, 0.25) is 0 Å². The van der Waals surface area contributed by atoms with Gasteiger partial charge < -0.3 is 15.1 Å². The molecule has 1 N–H and O–H groups in total. The van der Waals surface area contributed by atoms with E-state index in [1.807, 2.05) is 77.0 Å². The normalized spacial score (nSPS) is 18.1. The number of urea groups is 1.